The van der Waals surface area contributed by atoms with E-state index in [-0.39, 0.29) is 11.0 Å². The molecule has 1 aromatic carbocycles. The van der Waals surface area contributed by atoms with Crippen molar-refractivity contribution in [3.05, 3.63) is 35.4 Å². The third kappa shape index (κ3) is 3.61. The van der Waals surface area contributed by atoms with Gasteiger partial charge in [0.1, 0.15) is 0 Å². The van der Waals surface area contributed by atoms with Crippen LogP contribution in [0.25, 0.3) is 0 Å². The summed E-state index contributed by atoms with van der Waals surface area (Å²) in [5.41, 5.74) is 2.13. The van der Waals surface area contributed by atoms with Crippen LogP contribution in [0, 0.1) is 5.92 Å². The largest absolute Gasteiger partial charge is 0.381 e. The summed E-state index contributed by atoms with van der Waals surface area (Å²) in [5.74, 6) is 0.740. The minimum absolute atomic E-state index is 0.0800. The summed E-state index contributed by atoms with van der Waals surface area (Å²) in [6.07, 6.45) is 5.06. The van der Waals surface area contributed by atoms with Gasteiger partial charge in [-0.1, -0.05) is 31.2 Å². The molecule has 1 saturated heterocycles. The van der Waals surface area contributed by atoms with Gasteiger partial charge in [-0.3, -0.25) is 4.79 Å². The Labute approximate surface area is 119 Å². The standard InChI is InChI=1S/C16H22O2S/c1-3-12-4-6-13(7-5-12)15(17)16(19-2)14-8-10-18-11-9-14/h4-7,14,16H,3,8-11H2,1-2H3. The van der Waals surface area contributed by atoms with Gasteiger partial charge in [0.2, 0.25) is 0 Å². The quantitative estimate of drug-likeness (QED) is 0.770. The molecule has 19 heavy (non-hydrogen) atoms. The third-order valence-corrected chi connectivity index (χ3v) is 4.96. The second-order valence-corrected chi connectivity index (χ2v) is 6.00. The zero-order valence-corrected chi connectivity index (χ0v) is 12.5. The SMILES string of the molecule is CCc1ccc(C(=O)C(SC)C2CCOCC2)cc1. The molecule has 2 nitrogen and oxygen atoms in total. The van der Waals surface area contributed by atoms with E-state index in [0.717, 1.165) is 38.0 Å². The van der Waals surface area contributed by atoms with Crippen LogP contribution >= 0.6 is 11.8 Å². The van der Waals surface area contributed by atoms with Crippen LogP contribution < -0.4 is 0 Å². The number of ether oxygens (including phenoxy) is 1. The Bertz CT molecular complexity index is 407. The van der Waals surface area contributed by atoms with Crippen molar-refractivity contribution < 1.29 is 9.53 Å². The van der Waals surface area contributed by atoms with E-state index in [1.807, 2.05) is 18.4 Å². The van der Waals surface area contributed by atoms with E-state index in [9.17, 15) is 4.79 Å². The molecule has 0 saturated carbocycles. The van der Waals surface area contributed by atoms with Crippen LogP contribution in [0.15, 0.2) is 24.3 Å². The van der Waals surface area contributed by atoms with E-state index in [0.29, 0.717) is 5.92 Å². The molecule has 2 rings (SSSR count). The van der Waals surface area contributed by atoms with Crippen molar-refractivity contribution in [1.29, 1.82) is 0 Å². The number of rotatable bonds is 5. The minimum Gasteiger partial charge on any atom is -0.381 e. The molecule has 1 heterocycles. The highest BCUT2D eigenvalue weighted by Crippen LogP contribution is 2.29. The van der Waals surface area contributed by atoms with Gasteiger partial charge >= 0.3 is 0 Å². The van der Waals surface area contributed by atoms with E-state index < -0.39 is 0 Å². The van der Waals surface area contributed by atoms with Crippen LogP contribution in [-0.4, -0.2) is 30.5 Å². The number of carbonyl (C=O) groups excluding carboxylic acids is 1. The highest BCUT2D eigenvalue weighted by molar-refractivity contribution is 8.00. The Morgan fingerprint density at radius 1 is 1.32 bits per heavy atom. The molecular weight excluding hydrogens is 256 g/mol. The predicted molar refractivity (Wildman–Crippen MR) is 81.0 cm³/mol. The number of ketones is 1. The lowest BCUT2D eigenvalue weighted by Gasteiger charge is -2.28. The lowest BCUT2D eigenvalue weighted by molar-refractivity contribution is 0.0619. The number of benzene rings is 1. The highest BCUT2D eigenvalue weighted by atomic mass is 32.2. The molecule has 1 aliphatic rings. The average Bonchev–Trinajstić information content (AvgIpc) is 2.49. The first-order chi connectivity index (χ1) is 9.26. The molecule has 0 aromatic heterocycles. The van der Waals surface area contributed by atoms with E-state index in [1.165, 1.54) is 5.56 Å². The molecule has 0 aliphatic carbocycles. The highest BCUT2D eigenvalue weighted by Gasteiger charge is 2.29. The molecule has 1 fully saturated rings. The van der Waals surface area contributed by atoms with Crippen LogP contribution in [0.4, 0.5) is 0 Å². The fourth-order valence-electron chi connectivity index (χ4n) is 2.60. The van der Waals surface area contributed by atoms with E-state index in [2.05, 4.69) is 19.1 Å². The maximum Gasteiger partial charge on any atom is 0.176 e. The second-order valence-electron chi connectivity index (χ2n) is 5.02. The first-order valence-corrected chi connectivity index (χ1v) is 8.28. The van der Waals surface area contributed by atoms with Gasteiger partial charge < -0.3 is 4.74 Å². The van der Waals surface area contributed by atoms with Gasteiger partial charge in [0, 0.05) is 18.8 Å². The van der Waals surface area contributed by atoms with Crippen molar-refractivity contribution in [2.24, 2.45) is 5.92 Å². The molecule has 0 bridgehead atoms. The summed E-state index contributed by atoms with van der Waals surface area (Å²) in [4.78, 5) is 12.6. The summed E-state index contributed by atoms with van der Waals surface area (Å²) < 4.78 is 5.39. The number of hydrogen-bond donors (Lipinski definition) is 0. The van der Waals surface area contributed by atoms with Gasteiger partial charge in [0.25, 0.3) is 0 Å². The molecule has 0 amide bonds. The topological polar surface area (TPSA) is 26.3 Å². The monoisotopic (exact) mass is 278 g/mol. The first kappa shape index (κ1) is 14.6. The third-order valence-electron chi connectivity index (χ3n) is 3.85. The number of hydrogen-bond acceptors (Lipinski definition) is 3. The number of carbonyl (C=O) groups is 1. The fraction of sp³-hybridized carbons (Fsp3) is 0.562. The van der Waals surface area contributed by atoms with Crippen molar-refractivity contribution in [2.45, 2.75) is 31.4 Å². The second kappa shape index (κ2) is 7.11. The lowest BCUT2D eigenvalue weighted by atomic mass is 9.91. The van der Waals surface area contributed by atoms with Crippen molar-refractivity contribution in [3.63, 3.8) is 0 Å². The maximum atomic E-state index is 12.6. The summed E-state index contributed by atoms with van der Waals surface area (Å²) >= 11 is 1.68. The van der Waals surface area contributed by atoms with Crippen LogP contribution in [0.2, 0.25) is 0 Å². The molecule has 0 radical (unpaired) electrons. The zero-order chi connectivity index (χ0) is 13.7. The molecule has 3 heteroatoms. The molecule has 1 unspecified atom stereocenters. The number of Topliss-reactive ketones (excluding diaryl/α,β-unsaturated/α-hetero) is 1. The minimum atomic E-state index is 0.0800. The molecule has 104 valence electrons. The number of thioether (sulfide) groups is 1. The predicted octanol–water partition coefficient (Wildman–Crippen LogP) is 3.59. The Kier molecular flexibility index (Phi) is 5.46. The zero-order valence-electron chi connectivity index (χ0n) is 11.7. The van der Waals surface area contributed by atoms with Gasteiger partial charge in [-0.05, 0) is 37.0 Å². The lowest BCUT2D eigenvalue weighted by Crippen LogP contribution is -2.31. The van der Waals surface area contributed by atoms with Gasteiger partial charge in [0.15, 0.2) is 5.78 Å². The molecule has 1 atom stereocenters. The van der Waals surface area contributed by atoms with Gasteiger partial charge in [-0.2, -0.15) is 11.8 Å². The normalized spacial score (nSPS) is 18.2. The summed E-state index contributed by atoms with van der Waals surface area (Å²) in [5, 5.41) is 0.0800. The van der Waals surface area contributed by atoms with Crippen LogP contribution in [0.3, 0.4) is 0 Å². The van der Waals surface area contributed by atoms with Crippen molar-refractivity contribution in [1.82, 2.24) is 0 Å². The Morgan fingerprint density at radius 2 is 1.95 bits per heavy atom. The Morgan fingerprint density at radius 3 is 2.47 bits per heavy atom. The molecule has 1 aliphatic heterocycles. The summed E-state index contributed by atoms with van der Waals surface area (Å²) in [7, 11) is 0. The molecule has 1 aromatic rings. The maximum absolute atomic E-state index is 12.6. The average molecular weight is 278 g/mol. The van der Waals surface area contributed by atoms with E-state index in [1.54, 1.807) is 11.8 Å². The Balaban J connectivity index is 2.10. The van der Waals surface area contributed by atoms with Crippen LogP contribution in [0.1, 0.15) is 35.7 Å². The van der Waals surface area contributed by atoms with E-state index in [4.69, 9.17) is 4.74 Å². The van der Waals surface area contributed by atoms with Crippen LogP contribution in [-0.2, 0) is 11.2 Å². The van der Waals surface area contributed by atoms with Crippen molar-refractivity contribution in [2.75, 3.05) is 19.5 Å². The molecule has 0 spiro atoms. The summed E-state index contributed by atoms with van der Waals surface area (Å²) in [6.45, 7) is 3.72. The fourth-order valence-corrected chi connectivity index (χ4v) is 3.61. The van der Waals surface area contributed by atoms with Crippen LogP contribution in [0.5, 0.6) is 0 Å². The number of aryl methyl sites for hydroxylation is 1. The van der Waals surface area contributed by atoms with E-state index >= 15 is 0 Å². The molecular formula is C16H22O2S. The Hall–Kier alpha value is -0.800. The van der Waals surface area contributed by atoms with Crippen molar-refractivity contribution >= 4 is 17.5 Å². The van der Waals surface area contributed by atoms with Gasteiger partial charge in [0.05, 0.1) is 5.25 Å². The van der Waals surface area contributed by atoms with Crippen molar-refractivity contribution in [3.8, 4) is 0 Å². The van der Waals surface area contributed by atoms with Gasteiger partial charge in [-0.25, -0.2) is 0 Å². The smallest absolute Gasteiger partial charge is 0.176 e. The molecule has 0 N–H and O–H groups in total. The van der Waals surface area contributed by atoms with Gasteiger partial charge in [-0.15, -0.1) is 0 Å². The first-order valence-electron chi connectivity index (χ1n) is 7.00. The summed E-state index contributed by atoms with van der Waals surface area (Å²) in [6, 6.07) is 8.08.